The molecule has 0 aliphatic rings. The first kappa shape index (κ1) is 14.0. The molecule has 0 aliphatic carbocycles. The molecule has 1 aromatic rings. The van der Waals surface area contributed by atoms with Crippen molar-refractivity contribution < 1.29 is 14.2 Å². The van der Waals surface area contributed by atoms with E-state index in [0.29, 0.717) is 0 Å². The Kier molecular flexibility index (Phi) is 5.24. The van der Waals surface area contributed by atoms with Gasteiger partial charge in [0.1, 0.15) is 9.49 Å². The fourth-order valence-corrected chi connectivity index (χ4v) is 2.72. The number of halogens is 2. The first-order chi connectivity index (χ1) is 7.60. The van der Waals surface area contributed by atoms with E-state index in [2.05, 4.69) is 31.9 Å². The Morgan fingerprint density at radius 2 is 1.50 bits per heavy atom. The lowest BCUT2D eigenvalue weighted by Crippen LogP contribution is -2.36. The van der Waals surface area contributed by atoms with Crippen molar-refractivity contribution in [2.24, 2.45) is 0 Å². The molecule has 3 nitrogen and oxygen atoms in total. The maximum atomic E-state index is 5.45. The van der Waals surface area contributed by atoms with Crippen molar-refractivity contribution in [1.29, 1.82) is 0 Å². The summed E-state index contributed by atoms with van der Waals surface area (Å²) in [5, 5.41) is 0. The second-order valence-electron chi connectivity index (χ2n) is 3.10. The average Bonchev–Trinajstić information content (AvgIpc) is 2.32. The van der Waals surface area contributed by atoms with Crippen molar-refractivity contribution in [2.75, 3.05) is 21.3 Å². The van der Waals surface area contributed by atoms with E-state index in [-0.39, 0.29) is 3.74 Å². The minimum absolute atomic E-state index is 0.157. The third-order valence-corrected chi connectivity index (χ3v) is 3.59. The molecule has 0 unspecified atom stereocenters. The lowest BCUT2D eigenvalue weighted by atomic mass is 10.1. The zero-order valence-corrected chi connectivity index (χ0v) is 12.5. The summed E-state index contributed by atoms with van der Waals surface area (Å²) in [7, 11) is 4.83. The molecule has 0 atom stereocenters. The van der Waals surface area contributed by atoms with Crippen molar-refractivity contribution >= 4 is 31.9 Å². The van der Waals surface area contributed by atoms with E-state index in [1.807, 2.05) is 24.3 Å². The van der Waals surface area contributed by atoms with Gasteiger partial charge in [-0.3, -0.25) is 0 Å². The predicted octanol–water partition coefficient (Wildman–Crippen LogP) is 3.26. The molecule has 0 bridgehead atoms. The van der Waals surface area contributed by atoms with Crippen LogP contribution in [0.3, 0.4) is 0 Å². The van der Waals surface area contributed by atoms with Gasteiger partial charge in [0.25, 0.3) is 0 Å². The Balaban J connectivity index is 3.10. The number of methoxy groups -OCH3 is 3. The monoisotopic (exact) mass is 352 g/mol. The maximum Gasteiger partial charge on any atom is 0.217 e. The molecule has 5 heteroatoms. The van der Waals surface area contributed by atoms with Gasteiger partial charge in [-0.25, -0.2) is 0 Å². The molecule has 90 valence electrons. The minimum Gasteiger partial charge on any atom is -0.497 e. The molecule has 16 heavy (non-hydrogen) atoms. The standard InChI is InChI=1S/C11H14Br2O3/c1-14-9-6-4-8(5-7-9)11(15-2,16-3)10(12)13/h4-7,10H,1-3H3. The van der Waals surface area contributed by atoms with Crippen LogP contribution in [-0.4, -0.2) is 25.1 Å². The highest BCUT2D eigenvalue weighted by atomic mass is 79.9. The van der Waals surface area contributed by atoms with Gasteiger partial charge in [0.2, 0.25) is 5.79 Å². The Labute approximate surface area is 112 Å². The zero-order valence-electron chi connectivity index (χ0n) is 9.37. The second kappa shape index (κ2) is 6.00. The van der Waals surface area contributed by atoms with E-state index in [9.17, 15) is 0 Å². The van der Waals surface area contributed by atoms with Crippen molar-refractivity contribution in [3.8, 4) is 5.75 Å². The SMILES string of the molecule is COc1ccc(C(OC)(OC)C(Br)Br)cc1. The van der Waals surface area contributed by atoms with Crippen LogP contribution >= 0.6 is 31.9 Å². The molecular formula is C11H14Br2O3. The van der Waals surface area contributed by atoms with E-state index in [0.717, 1.165) is 11.3 Å². The quantitative estimate of drug-likeness (QED) is 0.600. The van der Waals surface area contributed by atoms with Crippen LogP contribution in [0, 0.1) is 0 Å². The lowest BCUT2D eigenvalue weighted by molar-refractivity contribution is -0.201. The smallest absolute Gasteiger partial charge is 0.217 e. The van der Waals surface area contributed by atoms with Gasteiger partial charge in [-0.2, -0.15) is 0 Å². The van der Waals surface area contributed by atoms with Gasteiger partial charge in [-0.1, -0.05) is 31.9 Å². The minimum atomic E-state index is -0.855. The van der Waals surface area contributed by atoms with Crippen molar-refractivity contribution in [1.82, 2.24) is 0 Å². The molecule has 0 aliphatic heterocycles. The molecule has 0 fully saturated rings. The summed E-state index contributed by atoms with van der Waals surface area (Å²) < 4.78 is 15.9. The maximum absolute atomic E-state index is 5.45. The summed E-state index contributed by atoms with van der Waals surface area (Å²) in [5.74, 6) is -0.0581. The highest BCUT2D eigenvalue weighted by Crippen LogP contribution is 2.38. The van der Waals surface area contributed by atoms with Crippen LogP contribution in [-0.2, 0) is 15.3 Å². The normalized spacial score (nSPS) is 11.9. The summed E-state index contributed by atoms with van der Waals surface area (Å²) in [6, 6.07) is 7.54. The van der Waals surface area contributed by atoms with E-state index >= 15 is 0 Å². The van der Waals surface area contributed by atoms with Crippen molar-refractivity contribution in [3.05, 3.63) is 29.8 Å². The first-order valence-electron chi connectivity index (χ1n) is 4.63. The van der Waals surface area contributed by atoms with Gasteiger partial charge < -0.3 is 14.2 Å². The van der Waals surface area contributed by atoms with Crippen LogP contribution in [0.15, 0.2) is 24.3 Å². The highest BCUT2D eigenvalue weighted by molar-refractivity contribution is 9.24. The van der Waals surface area contributed by atoms with Crippen LogP contribution in [0.5, 0.6) is 5.75 Å². The topological polar surface area (TPSA) is 27.7 Å². The summed E-state index contributed by atoms with van der Waals surface area (Å²) >= 11 is 6.85. The number of hydrogen-bond acceptors (Lipinski definition) is 3. The van der Waals surface area contributed by atoms with Crippen molar-refractivity contribution in [3.63, 3.8) is 0 Å². The number of alkyl halides is 2. The Hall–Kier alpha value is -0.100. The highest BCUT2D eigenvalue weighted by Gasteiger charge is 2.38. The molecule has 0 N–H and O–H groups in total. The van der Waals surface area contributed by atoms with Crippen LogP contribution in [0.1, 0.15) is 5.56 Å². The van der Waals surface area contributed by atoms with E-state index in [1.54, 1.807) is 21.3 Å². The van der Waals surface area contributed by atoms with Gasteiger partial charge in [-0.15, -0.1) is 0 Å². The Morgan fingerprint density at radius 1 is 1.00 bits per heavy atom. The third-order valence-electron chi connectivity index (χ3n) is 2.39. The van der Waals surface area contributed by atoms with E-state index in [4.69, 9.17) is 14.2 Å². The number of ether oxygens (including phenoxy) is 3. The summed E-state index contributed by atoms with van der Waals surface area (Å²) in [5.41, 5.74) is 0.900. The molecular weight excluding hydrogens is 340 g/mol. The zero-order chi connectivity index (χ0) is 12.2. The number of benzene rings is 1. The summed E-state index contributed by atoms with van der Waals surface area (Å²) in [6.07, 6.45) is 0. The summed E-state index contributed by atoms with van der Waals surface area (Å²) in [6.45, 7) is 0. The van der Waals surface area contributed by atoms with Crippen LogP contribution in [0.25, 0.3) is 0 Å². The van der Waals surface area contributed by atoms with Gasteiger partial charge in [0, 0.05) is 19.8 Å². The first-order valence-corrected chi connectivity index (χ1v) is 6.46. The van der Waals surface area contributed by atoms with Gasteiger partial charge >= 0.3 is 0 Å². The van der Waals surface area contributed by atoms with E-state index in [1.165, 1.54) is 0 Å². The predicted molar refractivity (Wildman–Crippen MR) is 70.3 cm³/mol. The van der Waals surface area contributed by atoms with Crippen molar-refractivity contribution in [2.45, 2.75) is 9.52 Å². The third kappa shape index (κ3) is 2.59. The second-order valence-corrected chi connectivity index (χ2v) is 6.17. The van der Waals surface area contributed by atoms with Crippen LogP contribution in [0.4, 0.5) is 0 Å². The number of hydrogen-bond donors (Lipinski definition) is 0. The Bertz CT molecular complexity index is 321. The molecule has 0 spiro atoms. The fourth-order valence-electron chi connectivity index (χ4n) is 1.45. The van der Waals surface area contributed by atoms with Gasteiger partial charge in [-0.05, 0) is 24.3 Å². The van der Waals surface area contributed by atoms with Crippen LogP contribution < -0.4 is 4.74 Å². The molecule has 0 radical (unpaired) electrons. The van der Waals surface area contributed by atoms with Gasteiger partial charge in [0.15, 0.2) is 0 Å². The molecule has 0 saturated heterocycles. The summed E-state index contributed by atoms with van der Waals surface area (Å²) in [4.78, 5) is 0. The Morgan fingerprint density at radius 3 is 1.81 bits per heavy atom. The van der Waals surface area contributed by atoms with Crippen LogP contribution in [0.2, 0.25) is 0 Å². The molecule has 1 rings (SSSR count). The molecule has 1 aromatic carbocycles. The lowest BCUT2D eigenvalue weighted by Gasteiger charge is -2.32. The van der Waals surface area contributed by atoms with Gasteiger partial charge in [0.05, 0.1) is 7.11 Å². The molecule has 0 amide bonds. The molecule has 0 aromatic heterocycles. The van der Waals surface area contributed by atoms with E-state index < -0.39 is 5.79 Å². The number of rotatable bonds is 5. The largest absolute Gasteiger partial charge is 0.497 e. The molecule has 0 saturated carbocycles. The average molecular weight is 354 g/mol. The molecule has 0 heterocycles. The fraction of sp³-hybridized carbons (Fsp3) is 0.455.